The first kappa shape index (κ1) is 18.7. The van der Waals surface area contributed by atoms with Crippen LogP contribution >= 0.6 is 15.9 Å². The normalized spacial score (nSPS) is 15.2. The van der Waals surface area contributed by atoms with Gasteiger partial charge >= 0.3 is 12.0 Å². The summed E-state index contributed by atoms with van der Waals surface area (Å²) < 4.78 is 19.5. The number of carbonyl (C=O) groups is 2. The fourth-order valence-corrected chi connectivity index (χ4v) is 3.14. The molecule has 1 N–H and O–H groups in total. The van der Waals surface area contributed by atoms with E-state index in [1.54, 1.807) is 24.0 Å². The molecule has 1 aromatic carbocycles. The lowest BCUT2D eigenvalue weighted by molar-refractivity contribution is -0.149. The van der Waals surface area contributed by atoms with Crippen molar-refractivity contribution in [2.45, 2.75) is 26.2 Å². The largest absolute Gasteiger partial charge is 0.466 e. The van der Waals surface area contributed by atoms with Gasteiger partial charge in [-0.3, -0.25) is 4.79 Å². The Morgan fingerprint density at radius 2 is 2.08 bits per heavy atom. The fourth-order valence-electron chi connectivity index (χ4n) is 2.73. The van der Waals surface area contributed by atoms with Gasteiger partial charge in [-0.1, -0.05) is 15.9 Å². The summed E-state index contributed by atoms with van der Waals surface area (Å²) in [5.41, 5.74) is 0.561. The van der Waals surface area contributed by atoms with E-state index in [1.807, 2.05) is 0 Å². The number of halogens is 2. The second kappa shape index (κ2) is 9.01. The highest BCUT2D eigenvalue weighted by Crippen LogP contribution is 2.19. The summed E-state index contributed by atoms with van der Waals surface area (Å²) in [4.78, 5) is 25.5. The summed E-state index contributed by atoms with van der Waals surface area (Å²) in [5, 5.41) is 2.81. The van der Waals surface area contributed by atoms with Crippen LogP contribution in [0, 0.1) is 11.7 Å². The second-order valence-electron chi connectivity index (χ2n) is 5.73. The predicted molar refractivity (Wildman–Crippen MR) is 92.1 cm³/mol. The number of urea groups is 1. The molecule has 24 heavy (non-hydrogen) atoms. The number of nitrogens with one attached hydrogen (secondary N) is 1. The van der Waals surface area contributed by atoms with Crippen LogP contribution in [-0.4, -0.2) is 43.1 Å². The summed E-state index contributed by atoms with van der Waals surface area (Å²) in [7, 11) is 0. The van der Waals surface area contributed by atoms with Gasteiger partial charge in [0, 0.05) is 24.1 Å². The molecule has 0 aliphatic carbocycles. The number of rotatable bonds is 5. The lowest BCUT2D eigenvalue weighted by Gasteiger charge is -2.30. The number of hydrogen-bond acceptors (Lipinski definition) is 3. The van der Waals surface area contributed by atoms with Gasteiger partial charge in [-0.15, -0.1) is 0 Å². The smallest absolute Gasteiger partial charge is 0.317 e. The Bertz CT molecular complexity index is 589. The number of ether oxygens (including phenoxy) is 1. The van der Waals surface area contributed by atoms with Gasteiger partial charge in [0.1, 0.15) is 5.82 Å². The van der Waals surface area contributed by atoms with Gasteiger partial charge in [0.15, 0.2) is 0 Å². The summed E-state index contributed by atoms with van der Waals surface area (Å²) in [6.45, 7) is 3.59. The van der Waals surface area contributed by atoms with Crippen LogP contribution in [0.1, 0.15) is 25.3 Å². The highest BCUT2D eigenvalue weighted by Gasteiger charge is 2.27. The number of piperidine rings is 1. The van der Waals surface area contributed by atoms with Crippen molar-refractivity contribution in [1.82, 2.24) is 10.2 Å². The lowest BCUT2D eigenvalue weighted by atomic mass is 9.97. The molecule has 0 bridgehead atoms. The molecule has 0 spiro atoms. The highest BCUT2D eigenvalue weighted by atomic mass is 79.9. The molecule has 5 nitrogen and oxygen atoms in total. The molecule has 0 unspecified atom stereocenters. The van der Waals surface area contributed by atoms with Crippen LogP contribution < -0.4 is 5.32 Å². The molecule has 1 aromatic rings. The standard InChI is InChI=1S/C17H22BrFN2O3/c1-2-24-16(22)12-6-9-21(10-7-12)17(23)20-8-5-13-11-14(18)3-4-15(13)19/h3-4,11-12H,2,5-10H2,1H3,(H,20,23). The van der Waals surface area contributed by atoms with Crippen LogP contribution in [0.3, 0.4) is 0 Å². The zero-order valence-electron chi connectivity index (χ0n) is 13.7. The van der Waals surface area contributed by atoms with Crippen LogP contribution in [0.5, 0.6) is 0 Å². The minimum Gasteiger partial charge on any atom is -0.466 e. The number of nitrogens with zero attached hydrogens (tertiary/aromatic N) is 1. The summed E-state index contributed by atoms with van der Waals surface area (Å²) in [6, 6.07) is 4.59. The Kier molecular flexibility index (Phi) is 7.02. The Morgan fingerprint density at radius 1 is 1.38 bits per heavy atom. The third-order valence-corrected chi connectivity index (χ3v) is 4.57. The van der Waals surface area contributed by atoms with Crippen molar-refractivity contribution >= 4 is 27.9 Å². The number of esters is 1. The van der Waals surface area contributed by atoms with Crippen LogP contribution in [0.2, 0.25) is 0 Å². The summed E-state index contributed by atoms with van der Waals surface area (Å²) in [5.74, 6) is -0.574. The van der Waals surface area contributed by atoms with E-state index in [2.05, 4.69) is 21.2 Å². The zero-order chi connectivity index (χ0) is 17.5. The van der Waals surface area contributed by atoms with E-state index in [-0.39, 0.29) is 23.7 Å². The molecule has 132 valence electrons. The molecule has 2 rings (SSSR count). The van der Waals surface area contributed by atoms with Crippen LogP contribution in [0.25, 0.3) is 0 Å². The molecule has 7 heteroatoms. The molecular formula is C17H22BrFN2O3. The van der Waals surface area contributed by atoms with Crippen LogP contribution in [0.4, 0.5) is 9.18 Å². The SMILES string of the molecule is CCOC(=O)C1CCN(C(=O)NCCc2cc(Br)ccc2F)CC1. The van der Waals surface area contributed by atoms with Gasteiger partial charge in [-0.05, 0) is 49.9 Å². The van der Waals surface area contributed by atoms with E-state index < -0.39 is 0 Å². The molecule has 1 saturated heterocycles. The van der Waals surface area contributed by atoms with Gasteiger partial charge in [0.05, 0.1) is 12.5 Å². The Hall–Kier alpha value is -1.63. The molecule has 1 fully saturated rings. The van der Waals surface area contributed by atoms with Gasteiger partial charge in [-0.25, -0.2) is 9.18 Å². The third-order valence-electron chi connectivity index (χ3n) is 4.08. The van der Waals surface area contributed by atoms with E-state index in [1.165, 1.54) is 6.07 Å². The average Bonchev–Trinajstić information content (AvgIpc) is 2.58. The molecule has 1 heterocycles. The molecule has 0 radical (unpaired) electrons. The van der Waals surface area contributed by atoms with Crippen LogP contribution in [0.15, 0.2) is 22.7 Å². The van der Waals surface area contributed by atoms with Gasteiger partial charge < -0.3 is 15.0 Å². The molecule has 1 aliphatic heterocycles. The average molecular weight is 401 g/mol. The topological polar surface area (TPSA) is 58.6 Å². The predicted octanol–water partition coefficient (Wildman–Crippen LogP) is 3.12. The summed E-state index contributed by atoms with van der Waals surface area (Å²) >= 11 is 3.31. The number of hydrogen-bond donors (Lipinski definition) is 1. The third kappa shape index (κ3) is 5.19. The van der Waals surface area contributed by atoms with Crippen LogP contribution in [-0.2, 0) is 16.0 Å². The molecule has 0 saturated carbocycles. The minimum absolute atomic E-state index is 0.121. The van der Waals surface area contributed by atoms with Gasteiger partial charge in [0.25, 0.3) is 0 Å². The number of amides is 2. The van der Waals surface area contributed by atoms with E-state index >= 15 is 0 Å². The monoisotopic (exact) mass is 400 g/mol. The zero-order valence-corrected chi connectivity index (χ0v) is 15.3. The van der Waals surface area contributed by atoms with E-state index in [4.69, 9.17) is 4.74 Å². The number of likely N-dealkylation sites (tertiary alicyclic amines) is 1. The highest BCUT2D eigenvalue weighted by molar-refractivity contribution is 9.10. The molecule has 0 atom stereocenters. The molecule has 2 amide bonds. The Morgan fingerprint density at radius 3 is 2.75 bits per heavy atom. The maximum absolute atomic E-state index is 13.6. The van der Waals surface area contributed by atoms with E-state index in [0.29, 0.717) is 51.1 Å². The van der Waals surface area contributed by atoms with Crippen molar-refractivity contribution in [3.8, 4) is 0 Å². The quantitative estimate of drug-likeness (QED) is 0.772. The van der Waals surface area contributed by atoms with Crippen molar-refractivity contribution in [2.24, 2.45) is 5.92 Å². The van der Waals surface area contributed by atoms with Crippen molar-refractivity contribution in [3.05, 3.63) is 34.1 Å². The first-order valence-corrected chi connectivity index (χ1v) is 8.94. The number of carbonyl (C=O) groups excluding carboxylic acids is 2. The number of benzene rings is 1. The second-order valence-corrected chi connectivity index (χ2v) is 6.65. The van der Waals surface area contributed by atoms with E-state index in [0.717, 1.165) is 4.47 Å². The molecular weight excluding hydrogens is 379 g/mol. The summed E-state index contributed by atoms with van der Waals surface area (Å²) in [6.07, 6.45) is 1.66. The molecule has 0 aromatic heterocycles. The van der Waals surface area contributed by atoms with Gasteiger partial charge in [0.2, 0.25) is 0 Å². The Labute approximate surface area is 149 Å². The maximum atomic E-state index is 13.6. The van der Waals surface area contributed by atoms with Crippen molar-refractivity contribution in [3.63, 3.8) is 0 Å². The fraction of sp³-hybridized carbons (Fsp3) is 0.529. The first-order valence-electron chi connectivity index (χ1n) is 8.14. The lowest BCUT2D eigenvalue weighted by Crippen LogP contribution is -2.46. The van der Waals surface area contributed by atoms with Crippen molar-refractivity contribution < 1.29 is 18.7 Å². The van der Waals surface area contributed by atoms with Crippen molar-refractivity contribution in [2.75, 3.05) is 26.2 Å². The molecule has 1 aliphatic rings. The first-order chi connectivity index (χ1) is 11.5. The van der Waals surface area contributed by atoms with E-state index in [9.17, 15) is 14.0 Å². The Balaban J connectivity index is 1.74. The minimum atomic E-state index is -0.275. The van der Waals surface area contributed by atoms with Crippen molar-refractivity contribution in [1.29, 1.82) is 0 Å². The van der Waals surface area contributed by atoms with Gasteiger partial charge in [-0.2, -0.15) is 0 Å². The maximum Gasteiger partial charge on any atom is 0.317 e.